The summed E-state index contributed by atoms with van der Waals surface area (Å²) in [5, 5.41) is 8.06. The first kappa shape index (κ1) is 13.7. The van der Waals surface area contributed by atoms with Gasteiger partial charge in [-0.05, 0) is 26.3 Å². The third-order valence-corrected chi connectivity index (χ3v) is 3.26. The smallest absolute Gasteiger partial charge is 0.264 e. The molecule has 6 heteroatoms. The highest BCUT2D eigenvalue weighted by Gasteiger charge is 2.08. The van der Waals surface area contributed by atoms with Gasteiger partial charge in [0, 0.05) is 19.6 Å². The molecular weight excluding hydrogens is 242 g/mol. The molecule has 0 aliphatic carbocycles. The van der Waals surface area contributed by atoms with Gasteiger partial charge in [-0.3, -0.25) is 14.0 Å². The molecule has 2 aromatic rings. The van der Waals surface area contributed by atoms with Crippen LogP contribution >= 0.6 is 0 Å². The quantitative estimate of drug-likeness (QED) is 0.841. The van der Waals surface area contributed by atoms with Crippen molar-refractivity contribution in [1.29, 1.82) is 0 Å². The molecule has 0 aliphatic rings. The molecule has 0 spiro atoms. The summed E-state index contributed by atoms with van der Waals surface area (Å²) in [4.78, 5) is 16.5. The van der Waals surface area contributed by atoms with Gasteiger partial charge in [0.1, 0.15) is 5.39 Å². The van der Waals surface area contributed by atoms with Crippen molar-refractivity contribution in [1.82, 2.24) is 24.6 Å². The fourth-order valence-corrected chi connectivity index (χ4v) is 2.05. The molecule has 0 aromatic carbocycles. The number of hydrogen-bond donors (Lipinski definition) is 1. The average Bonchev–Trinajstić information content (AvgIpc) is 2.78. The molecular formula is C13H21N5O. The van der Waals surface area contributed by atoms with Crippen LogP contribution in [-0.2, 0) is 13.6 Å². The van der Waals surface area contributed by atoms with E-state index in [4.69, 9.17) is 0 Å². The second-order valence-electron chi connectivity index (χ2n) is 4.89. The first-order valence-electron chi connectivity index (χ1n) is 6.74. The van der Waals surface area contributed by atoms with E-state index in [9.17, 15) is 4.79 Å². The van der Waals surface area contributed by atoms with Crippen LogP contribution in [0.25, 0.3) is 11.0 Å². The van der Waals surface area contributed by atoms with Crippen molar-refractivity contribution in [3.63, 3.8) is 0 Å². The molecule has 19 heavy (non-hydrogen) atoms. The standard InChI is InChI=1S/C13H21N5O/c1-4-6-14-10(2)5-7-18-9-15-12-11(13(18)19)8-16-17(12)3/h8-10,14H,4-7H2,1-3H3. The van der Waals surface area contributed by atoms with E-state index in [0.717, 1.165) is 19.4 Å². The van der Waals surface area contributed by atoms with Crippen LogP contribution in [0.3, 0.4) is 0 Å². The van der Waals surface area contributed by atoms with Gasteiger partial charge in [-0.15, -0.1) is 0 Å². The molecule has 6 nitrogen and oxygen atoms in total. The van der Waals surface area contributed by atoms with Gasteiger partial charge in [0.2, 0.25) is 0 Å². The maximum absolute atomic E-state index is 12.2. The van der Waals surface area contributed by atoms with Gasteiger partial charge < -0.3 is 5.32 Å². The number of nitrogens with zero attached hydrogens (tertiary/aromatic N) is 4. The highest BCUT2D eigenvalue weighted by Crippen LogP contribution is 2.03. The maximum Gasteiger partial charge on any atom is 0.264 e. The topological polar surface area (TPSA) is 64.7 Å². The van der Waals surface area contributed by atoms with Crippen LogP contribution in [0.5, 0.6) is 0 Å². The van der Waals surface area contributed by atoms with E-state index in [-0.39, 0.29) is 5.56 Å². The number of aromatic nitrogens is 4. The third-order valence-electron chi connectivity index (χ3n) is 3.26. The van der Waals surface area contributed by atoms with Crippen molar-refractivity contribution in [2.45, 2.75) is 39.3 Å². The minimum atomic E-state index is -0.0132. The summed E-state index contributed by atoms with van der Waals surface area (Å²) >= 11 is 0. The molecule has 0 saturated carbocycles. The van der Waals surface area contributed by atoms with Gasteiger partial charge in [-0.1, -0.05) is 6.92 Å². The summed E-state index contributed by atoms with van der Waals surface area (Å²) in [6.45, 7) is 5.96. The highest BCUT2D eigenvalue weighted by molar-refractivity contribution is 5.72. The van der Waals surface area contributed by atoms with Crippen LogP contribution in [0.15, 0.2) is 17.3 Å². The minimum absolute atomic E-state index is 0.0132. The fourth-order valence-electron chi connectivity index (χ4n) is 2.05. The molecule has 0 saturated heterocycles. The van der Waals surface area contributed by atoms with Crippen molar-refractivity contribution < 1.29 is 0 Å². The summed E-state index contributed by atoms with van der Waals surface area (Å²) in [6, 6.07) is 0.399. The lowest BCUT2D eigenvalue weighted by atomic mass is 10.2. The monoisotopic (exact) mass is 263 g/mol. The van der Waals surface area contributed by atoms with Gasteiger partial charge >= 0.3 is 0 Å². The largest absolute Gasteiger partial charge is 0.314 e. The average molecular weight is 263 g/mol. The van der Waals surface area contributed by atoms with Crippen molar-refractivity contribution in [3.8, 4) is 0 Å². The van der Waals surface area contributed by atoms with E-state index in [2.05, 4.69) is 29.2 Å². The van der Waals surface area contributed by atoms with Gasteiger partial charge in [-0.25, -0.2) is 4.98 Å². The Balaban J connectivity index is 2.09. The summed E-state index contributed by atoms with van der Waals surface area (Å²) in [7, 11) is 1.79. The van der Waals surface area contributed by atoms with Crippen molar-refractivity contribution in [3.05, 3.63) is 22.9 Å². The zero-order valence-electron chi connectivity index (χ0n) is 11.8. The van der Waals surface area contributed by atoms with Crippen LogP contribution in [0.4, 0.5) is 0 Å². The molecule has 0 radical (unpaired) electrons. The number of hydrogen-bond acceptors (Lipinski definition) is 4. The molecule has 0 aliphatic heterocycles. The molecule has 0 fully saturated rings. The van der Waals surface area contributed by atoms with Gasteiger partial charge in [0.05, 0.1) is 12.5 Å². The lowest BCUT2D eigenvalue weighted by Crippen LogP contribution is -2.30. The van der Waals surface area contributed by atoms with Gasteiger partial charge in [-0.2, -0.15) is 5.10 Å². The van der Waals surface area contributed by atoms with Crippen molar-refractivity contribution in [2.75, 3.05) is 6.54 Å². The predicted molar refractivity (Wildman–Crippen MR) is 75.1 cm³/mol. The molecule has 2 rings (SSSR count). The Bertz CT molecular complexity index is 601. The van der Waals surface area contributed by atoms with E-state index >= 15 is 0 Å². The predicted octanol–water partition coefficient (Wildman–Crippen LogP) is 0.908. The van der Waals surface area contributed by atoms with E-state index < -0.39 is 0 Å². The van der Waals surface area contributed by atoms with Crippen LogP contribution in [0, 0.1) is 0 Å². The van der Waals surface area contributed by atoms with E-state index in [0.29, 0.717) is 23.6 Å². The first-order chi connectivity index (χ1) is 9.13. The van der Waals surface area contributed by atoms with Crippen LogP contribution in [0.1, 0.15) is 26.7 Å². The Hall–Kier alpha value is -1.69. The third kappa shape index (κ3) is 3.01. The van der Waals surface area contributed by atoms with Gasteiger partial charge in [0.25, 0.3) is 5.56 Å². The Kier molecular flexibility index (Phi) is 4.31. The van der Waals surface area contributed by atoms with E-state index in [1.807, 2.05) is 0 Å². The molecule has 1 unspecified atom stereocenters. The van der Waals surface area contributed by atoms with Crippen molar-refractivity contribution >= 4 is 11.0 Å². The summed E-state index contributed by atoms with van der Waals surface area (Å²) in [5.41, 5.74) is 0.624. The fraction of sp³-hybridized carbons (Fsp3) is 0.615. The van der Waals surface area contributed by atoms with Crippen LogP contribution < -0.4 is 10.9 Å². The molecule has 2 aromatic heterocycles. The first-order valence-corrected chi connectivity index (χ1v) is 6.74. The second-order valence-corrected chi connectivity index (χ2v) is 4.89. The lowest BCUT2D eigenvalue weighted by Gasteiger charge is -2.13. The SMILES string of the molecule is CCCNC(C)CCn1cnc2c(cnn2C)c1=O. The molecule has 104 valence electrons. The maximum atomic E-state index is 12.2. The summed E-state index contributed by atoms with van der Waals surface area (Å²) in [5.74, 6) is 0. The number of nitrogens with one attached hydrogen (secondary N) is 1. The Morgan fingerprint density at radius 1 is 1.47 bits per heavy atom. The highest BCUT2D eigenvalue weighted by atomic mass is 16.1. The Morgan fingerprint density at radius 2 is 2.26 bits per heavy atom. The molecule has 0 amide bonds. The summed E-state index contributed by atoms with van der Waals surface area (Å²) < 4.78 is 3.28. The summed E-state index contributed by atoms with van der Waals surface area (Å²) in [6.07, 6.45) is 5.22. The second kappa shape index (κ2) is 5.97. The molecule has 1 N–H and O–H groups in total. The Morgan fingerprint density at radius 3 is 3.00 bits per heavy atom. The zero-order chi connectivity index (χ0) is 13.8. The van der Waals surface area contributed by atoms with Gasteiger partial charge in [0.15, 0.2) is 5.65 Å². The van der Waals surface area contributed by atoms with Crippen LogP contribution in [-0.4, -0.2) is 31.9 Å². The number of fused-ring (bicyclic) bond motifs is 1. The molecule has 1 atom stereocenters. The van der Waals surface area contributed by atoms with Crippen molar-refractivity contribution in [2.24, 2.45) is 7.05 Å². The lowest BCUT2D eigenvalue weighted by molar-refractivity contribution is 0.470. The zero-order valence-corrected chi connectivity index (χ0v) is 11.8. The molecule has 0 bridgehead atoms. The van der Waals surface area contributed by atoms with Crippen LogP contribution in [0.2, 0.25) is 0 Å². The Labute approximate surface area is 112 Å². The minimum Gasteiger partial charge on any atom is -0.314 e. The normalized spacial score (nSPS) is 13.0. The van der Waals surface area contributed by atoms with E-state index in [1.54, 1.807) is 28.8 Å². The number of rotatable bonds is 6. The van der Waals surface area contributed by atoms with E-state index in [1.165, 1.54) is 0 Å². The molecule has 2 heterocycles. The number of aryl methyl sites for hydroxylation is 2.